The number of carbonyl (C=O) groups excluding carboxylic acids is 2. The summed E-state index contributed by atoms with van der Waals surface area (Å²) in [4.78, 5) is 34.0. The van der Waals surface area contributed by atoms with Gasteiger partial charge >= 0.3 is 0 Å². The summed E-state index contributed by atoms with van der Waals surface area (Å²) in [5.74, 6) is 0.223. The standard InChI is InChI=1S/C21H23N3O3/c1-27-19-18(8-5-11-22-19)21(26)23-13-16-9-10-17(14-23)24(20(16)25)12-15-6-3-2-4-7-15/h2-8,11,16-17H,9-10,12-14H2,1H3. The molecule has 2 unspecified atom stereocenters. The zero-order valence-electron chi connectivity index (χ0n) is 15.4. The highest BCUT2D eigenvalue weighted by atomic mass is 16.5. The average Bonchev–Trinajstić information content (AvgIpc) is 3.00. The van der Waals surface area contributed by atoms with Gasteiger partial charge in [-0.1, -0.05) is 30.3 Å². The van der Waals surface area contributed by atoms with Crippen molar-refractivity contribution in [3.8, 4) is 5.88 Å². The van der Waals surface area contributed by atoms with Crippen LogP contribution in [0.4, 0.5) is 0 Å². The molecule has 6 heteroatoms. The minimum Gasteiger partial charge on any atom is -0.480 e. The van der Waals surface area contributed by atoms with Gasteiger partial charge in [0, 0.05) is 31.9 Å². The summed E-state index contributed by atoms with van der Waals surface area (Å²) in [6.07, 6.45) is 3.37. The number of hydrogen-bond donors (Lipinski definition) is 0. The van der Waals surface area contributed by atoms with Gasteiger partial charge in [-0.3, -0.25) is 9.59 Å². The minimum absolute atomic E-state index is 0.0445. The molecule has 0 spiro atoms. The fourth-order valence-corrected chi connectivity index (χ4v) is 4.08. The highest BCUT2D eigenvalue weighted by Gasteiger charge is 2.42. The van der Waals surface area contributed by atoms with Gasteiger partial charge in [-0.05, 0) is 30.5 Å². The van der Waals surface area contributed by atoms with Gasteiger partial charge < -0.3 is 14.5 Å². The van der Waals surface area contributed by atoms with E-state index < -0.39 is 0 Å². The maximum Gasteiger partial charge on any atom is 0.259 e. The summed E-state index contributed by atoms with van der Waals surface area (Å²) in [6.45, 7) is 1.60. The molecular weight excluding hydrogens is 342 g/mol. The molecule has 3 aliphatic rings. The second kappa shape index (κ2) is 7.39. The SMILES string of the molecule is COc1ncccc1C(=O)N1CC2CCC(C1)N(Cc1ccccc1)C2=O. The predicted octanol–water partition coefficient (Wildman–Crippen LogP) is 2.35. The molecule has 0 N–H and O–H groups in total. The van der Waals surface area contributed by atoms with Crippen molar-refractivity contribution in [1.82, 2.24) is 14.8 Å². The quantitative estimate of drug-likeness (QED) is 0.834. The van der Waals surface area contributed by atoms with Crippen molar-refractivity contribution in [2.45, 2.75) is 25.4 Å². The van der Waals surface area contributed by atoms with E-state index in [2.05, 4.69) is 4.98 Å². The van der Waals surface area contributed by atoms with Crippen LogP contribution in [0.2, 0.25) is 0 Å². The highest BCUT2D eigenvalue weighted by molar-refractivity contribution is 5.97. The number of nitrogens with zero attached hydrogens (tertiary/aromatic N) is 3. The fourth-order valence-electron chi connectivity index (χ4n) is 4.08. The first-order chi connectivity index (χ1) is 13.2. The summed E-state index contributed by atoms with van der Waals surface area (Å²) in [5, 5.41) is 0. The van der Waals surface area contributed by atoms with Crippen LogP contribution in [0, 0.1) is 5.92 Å². The van der Waals surface area contributed by atoms with Gasteiger partial charge in [0.1, 0.15) is 5.56 Å². The lowest BCUT2D eigenvalue weighted by Crippen LogP contribution is -2.47. The van der Waals surface area contributed by atoms with Gasteiger partial charge in [-0.25, -0.2) is 4.98 Å². The number of aromatic nitrogens is 1. The predicted molar refractivity (Wildman–Crippen MR) is 100 cm³/mol. The van der Waals surface area contributed by atoms with E-state index >= 15 is 0 Å². The van der Waals surface area contributed by atoms with Crippen LogP contribution in [0.5, 0.6) is 5.88 Å². The van der Waals surface area contributed by atoms with Crippen LogP contribution in [0.25, 0.3) is 0 Å². The van der Waals surface area contributed by atoms with Gasteiger partial charge in [-0.15, -0.1) is 0 Å². The summed E-state index contributed by atoms with van der Waals surface area (Å²) in [7, 11) is 1.51. The zero-order chi connectivity index (χ0) is 18.8. The second-order valence-electron chi connectivity index (χ2n) is 7.15. The van der Waals surface area contributed by atoms with E-state index in [-0.39, 0.29) is 23.8 Å². The third-order valence-corrected chi connectivity index (χ3v) is 5.47. The van der Waals surface area contributed by atoms with E-state index in [1.807, 2.05) is 35.2 Å². The number of ether oxygens (including phenoxy) is 1. The van der Waals surface area contributed by atoms with Crippen LogP contribution >= 0.6 is 0 Å². The summed E-state index contributed by atoms with van der Waals surface area (Å²) in [5.41, 5.74) is 1.56. The van der Waals surface area contributed by atoms with Crippen molar-refractivity contribution in [1.29, 1.82) is 0 Å². The normalized spacial score (nSPS) is 21.9. The van der Waals surface area contributed by atoms with Crippen molar-refractivity contribution in [3.05, 3.63) is 59.8 Å². The third kappa shape index (κ3) is 3.39. The summed E-state index contributed by atoms with van der Waals surface area (Å²) >= 11 is 0. The van der Waals surface area contributed by atoms with E-state index in [9.17, 15) is 9.59 Å². The second-order valence-corrected chi connectivity index (χ2v) is 7.15. The lowest BCUT2D eigenvalue weighted by Gasteiger charge is -2.36. The largest absolute Gasteiger partial charge is 0.480 e. The van der Waals surface area contributed by atoms with E-state index in [1.54, 1.807) is 23.2 Å². The number of pyridine rings is 1. The number of hydrogen-bond acceptors (Lipinski definition) is 4. The first kappa shape index (κ1) is 17.5. The number of amides is 2. The Hall–Kier alpha value is -2.89. The van der Waals surface area contributed by atoms with Crippen LogP contribution < -0.4 is 4.74 Å². The van der Waals surface area contributed by atoms with Gasteiger partial charge in [0.15, 0.2) is 0 Å². The topological polar surface area (TPSA) is 62.7 Å². The molecule has 6 nitrogen and oxygen atoms in total. The number of carbonyl (C=O) groups is 2. The number of fused-ring (bicyclic) bond motifs is 4. The van der Waals surface area contributed by atoms with Crippen molar-refractivity contribution in [2.24, 2.45) is 5.92 Å². The molecule has 27 heavy (non-hydrogen) atoms. The van der Waals surface area contributed by atoms with E-state index in [0.717, 1.165) is 18.4 Å². The molecule has 1 aromatic carbocycles. The Labute approximate surface area is 158 Å². The molecule has 5 rings (SSSR count). The van der Waals surface area contributed by atoms with E-state index in [1.165, 1.54) is 7.11 Å². The average molecular weight is 365 g/mol. The first-order valence-corrected chi connectivity index (χ1v) is 9.30. The lowest BCUT2D eigenvalue weighted by molar-refractivity contribution is -0.140. The van der Waals surface area contributed by atoms with Crippen LogP contribution in [-0.2, 0) is 11.3 Å². The number of rotatable bonds is 4. The highest BCUT2D eigenvalue weighted by Crippen LogP contribution is 2.31. The molecule has 2 atom stereocenters. The molecule has 2 aromatic rings. The Morgan fingerprint density at radius 3 is 2.74 bits per heavy atom. The lowest BCUT2D eigenvalue weighted by atomic mass is 9.93. The van der Waals surface area contributed by atoms with Crippen molar-refractivity contribution in [3.63, 3.8) is 0 Å². The molecule has 0 saturated carbocycles. The number of methoxy groups -OCH3 is 1. The maximum absolute atomic E-state index is 13.1. The Bertz CT molecular complexity index is 840. The molecule has 2 amide bonds. The Kier molecular flexibility index (Phi) is 4.79. The summed E-state index contributed by atoms with van der Waals surface area (Å²) in [6, 6.07) is 13.5. The van der Waals surface area contributed by atoms with Crippen molar-refractivity contribution < 1.29 is 14.3 Å². The minimum atomic E-state index is -0.140. The van der Waals surface area contributed by atoms with E-state index in [4.69, 9.17) is 4.74 Å². The Morgan fingerprint density at radius 1 is 1.15 bits per heavy atom. The summed E-state index contributed by atoms with van der Waals surface area (Å²) < 4.78 is 5.24. The van der Waals surface area contributed by atoms with Crippen molar-refractivity contribution in [2.75, 3.05) is 20.2 Å². The van der Waals surface area contributed by atoms with Crippen LogP contribution in [0.1, 0.15) is 28.8 Å². The maximum atomic E-state index is 13.1. The molecular formula is C21H23N3O3. The molecule has 3 aliphatic heterocycles. The monoisotopic (exact) mass is 365 g/mol. The smallest absolute Gasteiger partial charge is 0.259 e. The molecule has 1 aromatic heterocycles. The third-order valence-electron chi connectivity index (χ3n) is 5.47. The van der Waals surface area contributed by atoms with Crippen molar-refractivity contribution >= 4 is 11.8 Å². The van der Waals surface area contributed by atoms with E-state index in [0.29, 0.717) is 31.1 Å². The Balaban J connectivity index is 1.57. The van der Waals surface area contributed by atoms with Gasteiger partial charge in [0.2, 0.25) is 11.8 Å². The first-order valence-electron chi connectivity index (χ1n) is 9.30. The number of benzene rings is 1. The van der Waals surface area contributed by atoms with Gasteiger partial charge in [0.25, 0.3) is 5.91 Å². The van der Waals surface area contributed by atoms with Gasteiger partial charge in [0.05, 0.1) is 13.0 Å². The zero-order valence-corrected chi connectivity index (χ0v) is 15.4. The number of piperidine rings is 1. The molecule has 3 saturated heterocycles. The van der Waals surface area contributed by atoms with Gasteiger partial charge in [-0.2, -0.15) is 0 Å². The molecule has 4 heterocycles. The Morgan fingerprint density at radius 2 is 1.96 bits per heavy atom. The molecule has 0 aliphatic carbocycles. The fraction of sp³-hybridized carbons (Fsp3) is 0.381. The van der Waals surface area contributed by atoms with Crippen LogP contribution in [0.15, 0.2) is 48.7 Å². The van der Waals surface area contributed by atoms with Crippen LogP contribution in [0.3, 0.4) is 0 Å². The molecule has 140 valence electrons. The molecule has 2 bridgehead atoms. The van der Waals surface area contributed by atoms with Crippen LogP contribution in [-0.4, -0.2) is 52.8 Å². The molecule has 0 radical (unpaired) electrons. The molecule has 3 fully saturated rings.